The third kappa shape index (κ3) is 3.77. The predicted molar refractivity (Wildman–Crippen MR) is 105 cm³/mol. The molecule has 0 radical (unpaired) electrons. The van der Waals surface area contributed by atoms with E-state index in [4.69, 9.17) is 0 Å². The van der Waals surface area contributed by atoms with Crippen molar-refractivity contribution in [1.29, 1.82) is 0 Å². The summed E-state index contributed by atoms with van der Waals surface area (Å²) in [6, 6.07) is 15.7. The number of amides is 1. The van der Waals surface area contributed by atoms with Gasteiger partial charge in [0.05, 0.1) is 5.52 Å². The zero-order valence-corrected chi connectivity index (χ0v) is 14.8. The summed E-state index contributed by atoms with van der Waals surface area (Å²) >= 11 is 0. The van der Waals surface area contributed by atoms with Crippen molar-refractivity contribution in [2.75, 3.05) is 10.6 Å². The molecule has 4 rings (SSSR count). The number of rotatable bonds is 5. The van der Waals surface area contributed by atoms with Crippen molar-refractivity contribution in [3.05, 3.63) is 72.8 Å². The van der Waals surface area contributed by atoms with E-state index in [0.717, 1.165) is 16.5 Å². The molecule has 2 aromatic heterocycles. The van der Waals surface area contributed by atoms with E-state index >= 15 is 0 Å². The molecule has 0 bridgehead atoms. The number of nitrogens with one attached hydrogen (secondary N) is 2. The summed E-state index contributed by atoms with van der Waals surface area (Å²) in [4.78, 5) is 24.7. The number of imidazole rings is 1. The van der Waals surface area contributed by atoms with E-state index in [9.17, 15) is 4.79 Å². The Balaban J connectivity index is 1.77. The first-order valence-corrected chi connectivity index (χ1v) is 8.54. The summed E-state index contributed by atoms with van der Waals surface area (Å²) in [5.41, 5.74) is 2.63. The third-order valence-corrected chi connectivity index (χ3v) is 4.04. The Labute approximate surface area is 156 Å². The summed E-state index contributed by atoms with van der Waals surface area (Å²) in [6.07, 6.45) is 5.14. The lowest BCUT2D eigenvalue weighted by molar-refractivity contribution is -0.114. The van der Waals surface area contributed by atoms with Crippen molar-refractivity contribution < 1.29 is 4.79 Å². The number of nitrogens with zero attached hydrogens (tertiary/aromatic N) is 4. The highest BCUT2D eigenvalue weighted by atomic mass is 16.1. The van der Waals surface area contributed by atoms with E-state index in [0.29, 0.717) is 24.0 Å². The third-order valence-electron chi connectivity index (χ3n) is 4.04. The van der Waals surface area contributed by atoms with Gasteiger partial charge in [0.15, 0.2) is 0 Å². The molecular weight excluding hydrogens is 340 g/mol. The highest BCUT2D eigenvalue weighted by Gasteiger charge is 2.10. The number of carbonyl (C=O) groups excluding carboxylic acids is 1. The zero-order chi connectivity index (χ0) is 18.6. The first kappa shape index (κ1) is 16.7. The summed E-state index contributed by atoms with van der Waals surface area (Å²) in [6.45, 7) is 2.11. The van der Waals surface area contributed by atoms with Gasteiger partial charge in [0.1, 0.15) is 12.1 Å². The van der Waals surface area contributed by atoms with Gasteiger partial charge in [0, 0.05) is 36.9 Å². The Morgan fingerprint density at radius 2 is 1.96 bits per heavy atom. The fraction of sp³-hybridized carbons (Fsp3) is 0.100. The number of fused-ring (bicyclic) bond motifs is 1. The van der Waals surface area contributed by atoms with Crippen LogP contribution in [-0.2, 0) is 11.3 Å². The molecule has 0 atom stereocenters. The van der Waals surface area contributed by atoms with Crippen LogP contribution in [-0.4, -0.2) is 25.4 Å². The minimum absolute atomic E-state index is 0.121. The van der Waals surface area contributed by atoms with Crippen LogP contribution < -0.4 is 10.6 Å². The monoisotopic (exact) mass is 358 g/mol. The fourth-order valence-corrected chi connectivity index (χ4v) is 2.81. The Morgan fingerprint density at radius 1 is 1.11 bits per heavy atom. The molecule has 2 N–H and O–H groups in total. The normalized spacial score (nSPS) is 10.7. The van der Waals surface area contributed by atoms with Gasteiger partial charge in [-0.15, -0.1) is 0 Å². The van der Waals surface area contributed by atoms with Gasteiger partial charge in [-0.3, -0.25) is 9.36 Å². The van der Waals surface area contributed by atoms with Crippen LogP contribution in [0.1, 0.15) is 12.5 Å². The maximum Gasteiger partial charge on any atom is 0.237 e. The van der Waals surface area contributed by atoms with E-state index < -0.39 is 0 Å². The molecule has 7 heteroatoms. The van der Waals surface area contributed by atoms with Gasteiger partial charge in [-0.05, 0) is 23.8 Å². The van der Waals surface area contributed by atoms with E-state index in [-0.39, 0.29) is 5.91 Å². The van der Waals surface area contributed by atoms with Crippen LogP contribution in [0.5, 0.6) is 0 Å². The molecule has 0 saturated heterocycles. The molecule has 0 saturated carbocycles. The lowest BCUT2D eigenvalue weighted by atomic mass is 10.2. The van der Waals surface area contributed by atoms with Crippen molar-refractivity contribution in [2.45, 2.75) is 13.5 Å². The molecule has 0 fully saturated rings. The molecule has 0 spiro atoms. The van der Waals surface area contributed by atoms with E-state index in [1.807, 2.05) is 36.4 Å². The molecule has 0 aliphatic rings. The topological polar surface area (TPSA) is 84.7 Å². The number of aromatic nitrogens is 4. The van der Waals surface area contributed by atoms with Crippen LogP contribution in [0.2, 0.25) is 0 Å². The van der Waals surface area contributed by atoms with Crippen molar-refractivity contribution in [3.63, 3.8) is 0 Å². The molecule has 0 unspecified atom stereocenters. The highest BCUT2D eigenvalue weighted by Crippen LogP contribution is 2.25. The van der Waals surface area contributed by atoms with Gasteiger partial charge in [-0.1, -0.05) is 30.3 Å². The summed E-state index contributed by atoms with van der Waals surface area (Å²) in [5, 5.41) is 7.03. The van der Waals surface area contributed by atoms with Gasteiger partial charge < -0.3 is 10.6 Å². The minimum Gasteiger partial charge on any atom is -0.365 e. The number of anilines is 2. The lowest BCUT2D eigenvalue weighted by Gasteiger charge is -2.12. The largest absolute Gasteiger partial charge is 0.365 e. The quantitative estimate of drug-likeness (QED) is 0.571. The average molecular weight is 358 g/mol. The van der Waals surface area contributed by atoms with E-state index in [1.165, 1.54) is 6.92 Å². The second-order valence-electron chi connectivity index (χ2n) is 6.09. The second-order valence-corrected chi connectivity index (χ2v) is 6.09. The van der Waals surface area contributed by atoms with E-state index in [2.05, 4.69) is 37.7 Å². The minimum atomic E-state index is -0.121. The smallest absolute Gasteiger partial charge is 0.237 e. The zero-order valence-electron chi connectivity index (χ0n) is 14.8. The van der Waals surface area contributed by atoms with Gasteiger partial charge in [-0.2, -0.15) is 4.98 Å². The maximum absolute atomic E-state index is 11.4. The van der Waals surface area contributed by atoms with Crippen LogP contribution in [0.4, 0.5) is 11.5 Å². The van der Waals surface area contributed by atoms with Gasteiger partial charge in [0.25, 0.3) is 0 Å². The molecule has 134 valence electrons. The molecule has 27 heavy (non-hydrogen) atoms. The van der Waals surface area contributed by atoms with Crippen molar-refractivity contribution in [1.82, 2.24) is 19.5 Å². The summed E-state index contributed by atoms with van der Waals surface area (Å²) < 4.78 is 1.76. The lowest BCUT2D eigenvalue weighted by Crippen LogP contribution is -2.08. The molecule has 1 amide bonds. The molecule has 0 aliphatic heterocycles. The Kier molecular flexibility index (Phi) is 4.49. The molecule has 2 aromatic carbocycles. The number of hydrogen-bond acceptors (Lipinski definition) is 5. The summed E-state index contributed by atoms with van der Waals surface area (Å²) in [7, 11) is 0. The SMILES string of the molecule is CC(=O)Nc1ccc2nc(-n3ccnc3)nc(NCc3ccccc3)c2c1. The van der Waals surface area contributed by atoms with Crippen LogP contribution in [0.15, 0.2) is 67.3 Å². The van der Waals surface area contributed by atoms with Gasteiger partial charge in [-0.25, -0.2) is 9.97 Å². The van der Waals surface area contributed by atoms with Crippen molar-refractivity contribution >= 4 is 28.3 Å². The molecular formula is C20H18N6O. The Bertz CT molecular complexity index is 1080. The molecule has 7 nitrogen and oxygen atoms in total. The van der Waals surface area contributed by atoms with Crippen molar-refractivity contribution in [3.8, 4) is 5.95 Å². The number of benzene rings is 2. The molecule has 4 aromatic rings. The van der Waals surface area contributed by atoms with Crippen LogP contribution in [0.3, 0.4) is 0 Å². The van der Waals surface area contributed by atoms with Gasteiger partial charge in [0.2, 0.25) is 11.9 Å². The predicted octanol–water partition coefficient (Wildman–Crippen LogP) is 3.39. The fourth-order valence-electron chi connectivity index (χ4n) is 2.81. The van der Waals surface area contributed by atoms with Crippen molar-refractivity contribution in [2.24, 2.45) is 0 Å². The van der Waals surface area contributed by atoms with E-state index in [1.54, 1.807) is 23.3 Å². The second kappa shape index (κ2) is 7.25. The first-order chi connectivity index (χ1) is 13.2. The molecule has 0 aliphatic carbocycles. The maximum atomic E-state index is 11.4. The molecule has 2 heterocycles. The standard InChI is InChI=1S/C20H18N6O/c1-14(27)23-16-7-8-18-17(11-16)19(22-12-15-5-3-2-4-6-15)25-20(24-18)26-10-9-21-13-26/h2-11,13H,12H2,1H3,(H,23,27)(H,22,24,25). The van der Waals surface area contributed by atoms with Crippen LogP contribution >= 0.6 is 0 Å². The Hall–Kier alpha value is -3.74. The van der Waals surface area contributed by atoms with Crippen LogP contribution in [0, 0.1) is 0 Å². The van der Waals surface area contributed by atoms with Gasteiger partial charge >= 0.3 is 0 Å². The first-order valence-electron chi connectivity index (χ1n) is 8.54. The number of hydrogen-bond donors (Lipinski definition) is 2. The highest BCUT2D eigenvalue weighted by molar-refractivity contribution is 5.96. The number of carbonyl (C=O) groups is 1. The Morgan fingerprint density at radius 3 is 2.70 bits per heavy atom. The summed E-state index contributed by atoms with van der Waals surface area (Å²) in [5.74, 6) is 1.10. The van der Waals surface area contributed by atoms with Crippen LogP contribution in [0.25, 0.3) is 16.9 Å². The average Bonchev–Trinajstić information content (AvgIpc) is 3.21.